The molecule has 0 unspecified atom stereocenters. The number of ether oxygens (including phenoxy) is 3. The average molecular weight is 494 g/mol. The zero-order valence-electron chi connectivity index (χ0n) is 19.9. The van der Waals surface area contributed by atoms with E-state index in [9.17, 15) is 19.5 Å². The third kappa shape index (κ3) is 7.39. The molecule has 188 valence electrons. The highest BCUT2D eigenvalue weighted by Gasteiger charge is 2.14. The monoisotopic (exact) mass is 493 g/mol. The van der Waals surface area contributed by atoms with Crippen LogP contribution in [0.2, 0.25) is 0 Å². The van der Waals surface area contributed by atoms with Gasteiger partial charge in [0.2, 0.25) is 0 Å². The molecule has 0 aromatic heterocycles. The van der Waals surface area contributed by atoms with Crippen molar-refractivity contribution in [1.82, 2.24) is 10.6 Å². The molecule has 36 heavy (non-hydrogen) atoms. The van der Waals surface area contributed by atoms with Gasteiger partial charge in [0.05, 0.1) is 19.8 Å². The van der Waals surface area contributed by atoms with Gasteiger partial charge in [-0.05, 0) is 36.4 Å². The summed E-state index contributed by atoms with van der Waals surface area (Å²) >= 11 is 0. The predicted molar refractivity (Wildman–Crippen MR) is 133 cm³/mol. The van der Waals surface area contributed by atoms with Crippen LogP contribution in [0.1, 0.15) is 20.7 Å². The highest BCUT2D eigenvalue weighted by atomic mass is 16.5. The first kappa shape index (κ1) is 25.9. The van der Waals surface area contributed by atoms with Crippen LogP contribution in [-0.4, -0.2) is 56.7 Å². The maximum atomic E-state index is 12.6. The van der Waals surface area contributed by atoms with E-state index >= 15 is 0 Å². The number of para-hydroxylation sites is 1. The van der Waals surface area contributed by atoms with Crippen LogP contribution in [0.4, 0.5) is 5.69 Å². The van der Waals surface area contributed by atoms with Gasteiger partial charge < -0.3 is 35.3 Å². The molecular weight excluding hydrogens is 466 g/mol. The average Bonchev–Trinajstić information content (AvgIpc) is 2.90. The van der Waals surface area contributed by atoms with E-state index in [0.29, 0.717) is 28.5 Å². The van der Waals surface area contributed by atoms with Gasteiger partial charge in [-0.15, -0.1) is 0 Å². The minimum Gasteiger partial charge on any atom is -0.507 e. The normalized spacial score (nSPS) is 10.2. The van der Waals surface area contributed by atoms with Gasteiger partial charge in [-0.3, -0.25) is 14.4 Å². The van der Waals surface area contributed by atoms with Crippen molar-refractivity contribution in [2.75, 3.05) is 39.2 Å². The molecule has 4 N–H and O–H groups in total. The smallest absolute Gasteiger partial charge is 0.258 e. The van der Waals surface area contributed by atoms with E-state index in [2.05, 4.69) is 16.0 Å². The van der Waals surface area contributed by atoms with Crippen LogP contribution in [0.15, 0.2) is 66.7 Å². The van der Waals surface area contributed by atoms with Crippen molar-refractivity contribution in [3.63, 3.8) is 0 Å². The molecule has 0 radical (unpaired) electrons. The molecule has 0 atom stereocenters. The van der Waals surface area contributed by atoms with Gasteiger partial charge in [0, 0.05) is 36.5 Å². The van der Waals surface area contributed by atoms with Crippen LogP contribution >= 0.6 is 0 Å². The highest BCUT2D eigenvalue weighted by molar-refractivity contribution is 6.05. The maximum Gasteiger partial charge on any atom is 0.258 e. The molecule has 0 aliphatic heterocycles. The summed E-state index contributed by atoms with van der Waals surface area (Å²) in [5.41, 5.74) is 0.611. The predicted octanol–water partition coefficient (Wildman–Crippen LogP) is 2.59. The SMILES string of the molecule is COc1cc(OC)cc(C(=O)Nc2ccc(C(=O)NCCNC(=O)COc3ccccc3)c(O)c2)c1. The number of hydrogen-bond acceptors (Lipinski definition) is 7. The lowest BCUT2D eigenvalue weighted by Gasteiger charge is -2.11. The Labute approximate surface area is 208 Å². The van der Waals surface area contributed by atoms with E-state index in [-0.39, 0.29) is 36.9 Å². The molecule has 0 saturated carbocycles. The zero-order chi connectivity index (χ0) is 25.9. The van der Waals surface area contributed by atoms with Gasteiger partial charge in [0.1, 0.15) is 23.0 Å². The van der Waals surface area contributed by atoms with Crippen LogP contribution < -0.4 is 30.2 Å². The number of nitrogens with one attached hydrogen (secondary N) is 3. The Morgan fingerprint density at radius 3 is 2.08 bits per heavy atom. The molecule has 0 aliphatic rings. The Bertz CT molecular complexity index is 1190. The summed E-state index contributed by atoms with van der Waals surface area (Å²) in [6.45, 7) is 0.182. The summed E-state index contributed by atoms with van der Waals surface area (Å²) in [7, 11) is 2.96. The number of anilines is 1. The summed E-state index contributed by atoms with van der Waals surface area (Å²) in [6, 6.07) is 17.8. The van der Waals surface area contributed by atoms with Crippen molar-refractivity contribution in [3.8, 4) is 23.0 Å². The van der Waals surface area contributed by atoms with Crippen molar-refractivity contribution >= 4 is 23.4 Å². The summed E-state index contributed by atoms with van der Waals surface area (Å²) < 4.78 is 15.7. The summed E-state index contributed by atoms with van der Waals surface area (Å²) in [6.07, 6.45) is 0. The minimum atomic E-state index is -0.530. The largest absolute Gasteiger partial charge is 0.507 e. The van der Waals surface area contributed by atoms with Gasteiger partial charge in [-0.1, -0.05) is 18.2 Å². The van der Waals surface area contributed by atoms with Crippen LogP contribution in [0.3, 0.4) is 0 Å². The Balaban J connectivity index is 1.47. The molecule has 0 bridgehead atoms. The molecule has 0 fully saturated rings. The number of carbonyl (C=O) groups is 3. The Kier molecular flexibility index (Phi) is 9.10. The van der Waals surface area contributed by atoms with E-state index in [0.717, 1.165) is 0 Å². The lowest BCUT2D eigenvalue weighted by Crippen LogP contribution is -2.36. The number of aromatic hydroxyl groups is 1. The van der Waals surface area contributed by atoms with Crippen molar-refractivity contribution in [1.29, 1.82) is 0 Å². The molecule has 3 amide bonds. The quantitative estimate of drug-likeness (QED) is 0.302. The molecule has 10 heteroatoms. The molecular formula is C26H27N3O7. The van der Waals surface area contributed by atoms with E-state index in [1.165, 1.54) is 32.4 Å². The summed E-state index contributed by atoms with van der Waals surface area (Å²) in [5, 5.41) is 18.2. The lowest BCUT2D eigenvalue weighted by atomic mass is 10.1. The summed E-state index contributed by atoms with van der Waals surface area (Å²) in [5.74, 6) is -0.130. The number of phenols is 1. The zero-order valence-corrected chi connectivity index (χ0v) is 19.9. The fourth-order valence-electron chi connectivity index (χ4n) is 3.13. The van der Waals surface area contributed by atoms with Gasteiger partial charge in [0.25, 0.3) is 17.7 Å². The number of rotatable bonds is 11. The Morgan fingerprint density at radius 1 is 0.778 bits per heavy atom. The Morgan fingerprint density at radius 2 is 1.44 bits per heavy atom. The van der Waals surface area contributed by atoms with Crippen LogP contribution in [0.5, 0.6) is 23.0 Å². The molecule has 0 spiro atoms. The second-order valence-electron chi connectivity index (χ2n) is 7.49. The third-order valence-electron chi connectivity index (χ3n) is 4.96. The van der Waals surface area contributed by atoms with Crippen molar-refractivity contribution in [2.24, 2.45) is 0 Å². The first-order valence-electron chi connectivity index (χ1n) is 11.0. The van der Waals surface area contributed by atoms with E-state index in [4.69, 9.17) is 14.2 Å². The van der Waals surface area contributed by atoms with Crippen LogP contribution in [-0.2, 0) is 4.79 Å². The number of phenolic OH excluding ortho intramolecular Hbond substituents is 1. The number of methoxy groups -OCH3 is 2. The van der Waals surface area contributed by atoms with Gasteiger partial charge >= 0.3 is 0 Å². The number of hydrogen-bond donors (Lipinski definition) is 4. The molecule has 3 rings (SSSR count). The molecule has 3 aromatic carbocycles. The maximum absolute atomic E-state index is 12.6. The minimum absolute atomic E-state index is 0.0230. The van der Waals surface area contributed by atoms with Crippen molar-refractivity contribution in [2.45, 2.75) is 0 Å². The van der Waals surface area contributed by atoms with Crippen molar-refractivity contribution in [3.05, 3.63) is 77.9 Å². The van der Waals surface area contributed by atoms with Gasteiger partial charge in [-0.25, -0.2) is 0 Å². The number of benzene rings is 3. The number of amides is 3. The van der Waals surface area contributed by atoms with Crippen molar-refractivity contribution < 1.29 is 33.7 Å². The topological polar surface area (TPSA) is 135 Å². The van der Waals surface area contributed by atoms with E-state index in [1.807, 2.05) is 6.07 Å². The van der Waals surface area contributed by atoms with E-state index < -0.39 is 11.8 Å². The molecule has 0 heterocycles. The molecule has 3 aromatic rings. The number of carbonyl (C=O) groups excluding carboxylic acids is 3. The first-order valence-corrected chi connectivity index (χ1v) is 11.0. The molecule has 0 saturated heterocycles. The lowest BCUT2D eigenvalue weighted by molar-refractivity contribution is -0.123. The summed E-state index contributed by atoms with van der Waals surface area (Å²) in [4.78, 5) is 36.9. The first-order chi connectivity index (χ1) is 17.4. The van der Waals surface area contributed by atoms with Crippen LogP contribution in [0.25, 0.3) is 0 Å². The molecule has 0 aliphatic carbocycles. The fraction of sp³-hybridized carbons (Fsp3) is 0.192. The highest BCUT2D eigenvalue weighted by Crippen LogP contribution is 2.25. The standard InChI is InChI=1S/C26H27N3O7/c1-34-20-12-17(13-21(15-20)35-2)25(32)29-18-8-9-22(23(30)14-18)26(33)28-11-10-27-24(31)16-36-19-6-4-3-5-7-19/h3-9,12-15,30H,10-11,16H2,1-2H3,(H,27,31)(H,28,33)(H,29,32). The van der Waals surface area contributed by atoms with Gasteiger partial charge in [0.15, 0.2) is 6.61 Å². The Hall–Kier alpha value is -4.73. The van der Waals surface area contributed by atoms with Gasteiger partial charge in [-0.2, -0.15) is 0 Å². The van der Waals surface area contributed by atoms with E-state index in [1.54, 1.807) is 42.5 Å². The van der Waals surface area contributed by atoms with Crippen LogP contribution in [0, 0.1) is 0 Å². The molecule has 10 nitrogen and oxygen atoms in total. The third-order valence-corrected chi connectivity index (χ3v) is 4.96. The second-order valence-corrected chi connectivity index (χ2v) is 7.49. The fourth-order valence-corrected chi connectivity index (χ4v) is 3.13. The second kappa shape index (κ2) is 12.7.